The van der Waals surface area contributed by atoms with Gasteiger partial charge in [-0.3, -0.25) is 14.6 Å². The number of benzene rings is 2. The first kappa shape index (κ1) is 24.7. The van der Waals surface area contributed by atoms with Crippen LogP contribution in [0.2, 0.25) is 0 Å². The quantitative estimate of drug-likeness (QED) is 0.416. The smallest absolute Gasteiger partial charge is 0.328 e. The summed E-state index contributed by atoms with van der Waals surface area (Å²) in [4.78, 5) is 40.9. The first-order valence-corrected chi connectivity index (χ1v) is 11.3. The molecule has 0 bridgehead atoms. The average Bonchev–Trinajstić information content (AvgIpc) is 2.85. The topological polar surface area (TPSA) is 107 Å². The van der Waals surface area contributed by atoms with Crippen LogP contribution in [0.5, 0.6) is 0 Å². The highest BCUT2D eigenvalue weighted by Gasteiger charge is 2.24. The van der Waals surface area contributed by atoms with E-state index in [-0.39, 0.29) is 26.1 Å². The molecule has 0 aliphatic heterocycles. The molecule has 34 heavy (non-hydrogen) atoms. The molecule has 178 valence electrons. The molecular weight excluding hydrogens is 434 g/mol. The number of rotatable bonds is 11. The normalized spacial score (nSPS) is 11.5. The lowest BCUT2D eigenvalue weighted by molar-refractivity contribution is -0.146. The fraction of sp³-hybridized carbons (Fsp3) is 0.308. The summed E-state index contributed by atoms with van der Waals surface area (Å²) in [6, 6.07) is 16.1. The van der Waals surface area contributed by atoms with Gasteiger partial charge in [0.1, 0.15) is 6.04 Å². The number of ether oxygens (including phenoxy) is 2. The van der Waals surface area contributed by atoms with Gasteiger partial charge in [-0.15, -0.1) is 0 Å². The zero-order valence-electron chi connectivity index (χ0n) is 19.4. The van der Waals surface area contributed by atoms with Crippen LogP contribution >= 0.6 is 0 Å². The maximum absolute atomic E-state index is 12.7. The Hall–Kier alpha value is -3.94. The van der Waals surface area contributed by atoms with E-state index in [1.54, 1.807) is 44.3 Å². The van der Waals surface area contributed by atoms with Crippen molar-refractivity contribution in [1.29, 1.82) is 0 Å². The van der Waals surface area contributed by atoms with Gasteiger partial charge in [-0.25, -0.2) is 4.79 Å². The second-order valence-electron chi connectivity index (χ2n) is 7.58. The van der Waals surface area contributed by atoms with Gasteiger partial charge in [0.25, 0.3) is 5.91 Å². The highest BCUT2D eigenvalue weighted by atomic mass is 16.5. The molecule has 8 nitrogen and oxygen atoms in total. The minimum Gasteiger partial charge on any atom is -0.466 e. The number of fused-ring (bicyclic) bond motifs is 1. The van der Waals surface area contributed by atoms with Gasteiger partial charge in [0.2, 0.25) is 0 Å². The van der Waals surface area contributed by atoms with Crippen molar-refractivity contribution in [3.63, 3.8) is 0 Å². The molecule has 1 heterocycles. The van der Waals surface area contributed by atoms with Gasteiger partial charge in [-0.2, -0.15) is 0 Å². The number of hydrogen-bond donors (Lipinski definition) is 2. The molecule has 8 heteroatoms. The van der Waals surface area contributed by atoms with Crippen molar-refractivity contribution in [3.8, 4) is 0 Å². The Morgan fingerprint density at radius 3 is 2.47 bits per heavy atom. The molecule has 1 amide bonds. The molecule has 0 aliphatic carbocycles. The van der Waals surface area contributed by atoms with Crippen molar-refractivity contribution in [2.45, 2.75) is 39.3 Å². The van der Waals surface area contributed by atoms with Crippen LogP contribution in [0.15, 0.2) is 60.8 Å². The highest BCUT2D eigenvalue weighted by molar-refractivity contribution is 5.97. The number of aromatic nitrogens is 1. The number of esters is 2. The van der Waals surface area contributed by atoms with Crippen molar-refractivity contribution in [2.24, 2.45) is 0 Å². The van der Waals surface area contributed by atoms with Gasteiger partial charge in [-0.05, 0) is 68.3 Å². The second kappa shape index (κ2) is 12.3. The first-order chi connectivity index (χ1) is 16.5. The summed E-state index contributed by atoms with van der Waals surface area (Å²) in [5, 5.41) is 7.07. The molecule has 0 fully saturated rings. The van der Waals surface area contributed by atoms with E-state index in [1.165, 1.54) is 0 Å². The minimum absolute atomic E-state index is 0.00525. The molecule has 0 aliphatic rings. The number of pyridine rings is 1. The summed E-state index contributed by atoms with van der Waals surface area (Å²) in [7, 11) is 0. The highest BCUT2D eigenvalue weighted by Crippen LogP contribution is 2.16. The van der Waals surface area contributed by atoms with Gasteiger partial charge in [0.05, 0.1) is 18.7 Å². The molecule has 3 rings (SSSR count). The van der Waals surface area contributed by atoms with Gasteiger partial charge in [0.15, 0.2) is 0 Å². The summed E-state index contributed by atoms with van der Waals surface area (Å²) in [5.74, 6) is -1.43. The lowest BCUT2D eigenvalue weighted by Gasteiger charge is -2.17. The Balaban J connectivity index is 1.58. The van der Waals surface area contributed by atoms with E-state index in [0.717, 1.165) is 22.2 Å². The zero-order chi connectivity index (χ0) is 24.3. The number of hydrogen-bond acceptors (Lipinski definition) is 7. The number of amides is 1. The fourth-order valence-corrected chi connectivity index (χ4v) is 3.41. The molecule has 0 saturated heterocycles. The molecule has 1 atom stereocenters. The van der Waals surface area contributed by atoms with Crippen molar-refractivity contribution in [3.05, 3.63) is 71.9 Å². The maximum atomic E-state index is 12.7. The van der Waals surface area contributed by atoms with Gasteiger partial charge in [-0.1, -0.05) is 12.1 Å². The van der Waals surface area contributed by atoms with Crippen LogP contribution in [-0.2, 0) is 25.6 Å². The first-order valence-electron chi connectivity index (χ1n) is 11.3. The van der Waals surface area contributed by atoms with Crippen LogP contribution in [0.4, 0.5) is 5.69 Å². The van der Waals surface area contributed by atoms with Gasteiger partial charge >= 0.3 is 11.9 Å². The standard InChI is InChI=1S/C26H29N3O5/c1-3-33-24(30)14-13-23(26(32)34-4-2)29-25(31)19-8-10-21(11-9-19)28-17-18-7-12-22-20(16-18)6-5-15-27-22/h5-12,15-16,23,28H,3-4,13-14,17H2,1-2H3,(H,29,31)/t23-/m0/s1. The van der Waals surface area contributed by atoms with E-state index in [4.69, 9.17) is 9.47 Å². The minimum atomic E-state index is -0.933. The Morgan fingerprint density at radius 1 is 0.971 bits per heavy atom. The largest absolute Gasteiger partial charge is 0.466 e. The lowest BCUT2D eigenvalue weighted by atomic mass is 10.1. The Kier molecular flexibility index (Phi) is 8.96. The molecule has 1 aromatic heterocycles. The maximum Gasteiger partial charge on any atom is 0.328 e. The van der Waals surface area contributed by atoms with Gasteiger partial charge < -0.3 is 20.1 Å². The van der Waals surface area contributed by atoms with Crippen molar-refractivity contribution in [2.75, 3.05) is 18.5 Å². The van der Waals surface area contributed by atoms with E-state index in [1.807, 2.05) is 24.3 Å². The number of nitrogens with one attached hydrogen (secondary N) is 2. The van der Waals surface area contributed by atoms with E-state index in [9.17, 15) is 14.4 Å². The molecule has 2 aromatic carbocycles. The summed E-state index contributed by atoms with van der Waals surface area (Å²) in [6.07, 6.45) is 1.88. The molecule has 0 spiro atoms. The Labute approximate surface area is 198 Å². The van der Waals surface area contributed by atoms with Crippen LogP contribution in [-0.4, -0.2) is 42.1 Å². The summed E-state index contributed by atoms with van der Waals surface area (Å²) >= 11 is 0. The van der Waals surface area contributed by atoms with E-state index in [0.29, 0.717) is 12.1 Å². The van der Waals surface area contributed by atoms with Crippen molar-refractivity contribution < 1.29 is 23.9 Å². The molecular formula is C26H29N3O5. The molecule has 0 saturated carbocycles. The third-order valence-corrected chi connectivity index (χ3v) is 5.13. The van der Waals surface area contributed by atoms with E-state index in [2.05, 4.69) is 21.7 Å². The molecule has 2 N–H and O–H groups in total. The monoisotopic (exact) mass is 463 g/mol. The van der Waals surface area contributed by atoms with Crippen LogP contribution in [0.25, 0.3) is 10.9 Å². The zero-order valence-corrected chi connectivity index (χ0v) is 19.4. The van der Waals surface area contributed by atoms with Crippen LogP contribution in [0, 0.1) is 0 Å². The second-order valence-corrected chi connectivity index (χ2v) is 7.58. The number of anilines is 1. The number of carbonyl (C=O) groups excluding carboxylic acids is 3. The third-order valence-electron chi connectivity index (χ3n) is 5.13. The Bertz CT molecular complexity index is 1130. The molecule has 3 aromatic rings. The lowest BCUT2D eigenvalue weighted by Crippen LogP contribution is -2.42. The fourth-order valence-electron chi connectivity index (χ4n) is 3.41. The van der Waals surface area contributed by atoms with Crippen molar-refractivity contribution >= 4 is 34.4 Å². The molecule has 0 unspecified atom stereocenters. The summed E-state index contributed by atoms with van der Waals surface area (Å²) < 4.78 is 9.93. The van der Waals surface area contributed by atoms with Gasteiger partial charge in [0, 0.05) is 35.8 Å². The van der Waals surface area contributed by atoms with Crippen LogP contribution < -0.4 is 10.6 Å². The number of carbonyl (C=O) groups is 3. The summed E-state index contributed by atoms with van der Waals surface area (Å²) in [5.41, 5.74) is 3.31. The van der Waals surface area contributed by atoms with E-state index >= 15 is 0 Å². The predicted octanol–water partition coefficient (Wildman–Crippen LogP) is 3.85. The average molecular weight is 464 g/mol. The van der Waals surface area contributed by atoms with E-state index < -0.39 is 23.9 Å². The number of nitrogens with zero attached hydrogens (tertiary/aromatic N) is 1. The predicted molar refractivity (Wildman–Crippen MR) is 129 cm³/mol. The van der Waals surface area contributed by atoms with Crippen LogP contribution in [0.1, 0.15) is 42.6 Å². The molecule has 0 radical (unpaired) electrons. The summed E-state index contributed by atoms with van der Waals surface area (Å²) in [6.45, 7) is 4.45. The third kappa shape index (κ3) is 7.03. The van der Waals surface area contributed by atoms with Crippen molar-refractivity contribution in [1.82, 2.24) is 10.3 Å². The SMILES string of the molecule is CCOC(=O)CC[C@H](NC(=O)c1ccc(NCc2ccc3ncccc3c2)cc1)C(=O)OCC. The van der Waals surface area contributed by atoms with Crippen LogP contribution in [0.3, 0.4) is 0 Å². The Morgan fingerprint density at radius 2 is 1.74 bits per heavy atom.